The standard InChI is InChI=1S/4C10H9N.2C9H8N2.C5H6N2.C3H4N3O.C3H3N3O.C3H4N3O.C2H4N4O.19CH3.9U.10V.7W/c1-8-6-9-4-2-3-5-10(9)7-11-8;1-8-10-5-3-2-4-9(10)6-7-11-8;1-8-6-7-11-10-5-3-2-4-9(8)10;1-8-6-7-9-4-2-3-5-10(9)11-8;1-7-6-10-8-4-2-3-5-9(8)11-7;1-7-6-8-4-2-3-5-9(8)11-10-7;1-5-4-6-2-3-7-5;1-6-2-4-5-3(6)7;1-6-3(7)4-2-5-6;1-2-4-3(7)6-5-2;1-6-2(7)3-4-5-6;;;;;;;;;;;;;;;;;;;;;;;;;;;;;;;;;;;;;;;;;;;;;/h4*2-7H,1H3;2*2-6H,1H3;2-4H,1H3;1H3,(H,5,7);1H3;1H3,(H-,4,5,6,7);1H3,(H,3,5,7);19*1H3;;;;;;;;;;;;;;;;;;;;;;;;;;/q;;;;;;;-1;-2;-1;;19*-1;;;;;;;;;;;;;;;;;;;;;;;;;;/p-3. The average Bonchev–Trinajstić information content (AvgIpc) is 0.890. The number of aromatic nitrogens is 23. The Labute approximate surface area is 1310 Å². The van der Waals surface area contributed by atoms with Crippen LogP contribution in [0.4, 0.5) is 0 Å². The van der Waals surface area contributed by atoms with E-state index in [4.69, 9.17) is 0 Å². The third-order valence-electron chi connectivity index (χ3n) is 13.5. The second-order valence-corrected chi connectivity index (χ2v) is 21.5. The number of aryl methyl sites for hydroxylation is 11. The molecule has 792 valence electrons. The Morgan fingerprint density at radius 3 is 1.12 bits per heavy atom. The van der Waals surface area contributed by atoms with Crippen LogP contribution in [-0.2, 0) is 354 Å². The Morgan fingerprint density at radius 1 is 0.308 bits per heavy atom. The number of para-hydroxylation sites is 4. The predicted octanol–water partition coefficient (Wildman–Crippen LogP) is 17.2. The number of nitrogens with zero attached hydrogens (tertiary/aromatic N) is 23. The summed E-state index contributed by atoms with van der Waals surface area (Å²) >= 11 is 0. The van der Waals surface area contributed by atoms with Gasteiger partial charge in [-0.25, -0.2) is 16.4 Å². The van der Waals surface area contributed by atoms with Gasteiger partial charge in [-0.2, -0.15) is 21.7 Å². The molecule has 0 saturated heterocycles. The van der Waals surface area contributed by atoms with Crippen molar-refractivity contribution in [2.45, 2.75) is 55.4 Å². The second kappa shape index (κ2) is 160. The third kappa shape index (κ3) is 109. The topological polar surface area (TPSA) is 347 Å². The Bertz CT molecular complexity index is 5190. The van der Waals surface area contributed by atoms with Crippen LogP contribution in [0, 0.1) is 489 Å². The number of tetrazole rings is 1. The molecule has 17 rings (SSSR count). The summed E-state index contributed by atoms with van der Waals surface area (Å²) in [7, 11) is 4.55. The van der Waals surface area contributed by atoms with E-state index in [-0.39, 0.29) is 766 Å². The fraction of sp³-hybridized carbons (Fsp3) is 0.118. The van der Waals surface area contributed by atoms with Gasteiger partial charge < -0.3 is 205 Å². The van der Waals surface area contributed by atoms with E-state index >= 15 is 0 Å². The van der Waals surface area contributed by atoms with Crippen molar-refractivity contribution in [3.8, 4) is 0 Å². The normalized spacial score (nSPS) is 6.84. The second-order valence-electron chi connectivity index (χ2n) is 21.5. The summed E-state index contributed by atoms with van der Waals surface area (Å²) in [6, 6.07) is 61.0. The van der Waals surface area contributed by atoms with Crippen LogP contribution in [-0.4, -0.2) is 89.7 Å². The van der Waals surface area contributed by atoms with Gasteiger partial charge in [0.05, 0.1) is 50.4 Å². The van der Waals surface area contributed by atoms with Crippen LogP contribution in [0.3, 0.4) is 0 Å². The largest absolute Gasteiger partial charge is 0.631 e. The molecular formula is C93H127N23O4U9V10W7-26. The molecule has 6 aromatic carbocycles. The fourth-order valence-corrected chi connectivity index (χ4v) is 8.39. The molecule has 27 nitrogen and oxygen atoms in total. The number of pyridine rings is 4. The van der Waals surface area contributed by atoms with Gasteiger partial charge in [0.1, 0.15) is 0 Å². The minimum atomic E-state index is -0.502. The molecular weight excluding hydrogens is 5440 g/mol. The Kier molecular flexibility index (Phi) is 298. The van der Waals surface area contributed by atoms with Crippen molar-refractivity contribution < 1.29 is 613 Å². The van der Waals surface area contributed by atoms with Crippen LogP contribution >= 0.6 is 0 Å². The van der Waals surface area contributed by atoms with Crippen LogP contribution in [0.25, 0.3) is 65.3 Å². The van der Waals surface area contributed by atoms with Gasteiger partial charge >= 0.3 is 0 Å². The van der Waals surface area contributed by atoms with Gasteiger partial charge in [0, 0.05) is 706 Å². The molecule has 0 amide bonds. The Hall–Kier alpha value is 6.54. The van der Waals surface area contributed by atoms with Gasteiger partial charge in [0.2, 0.25) is 5.69 Å². The van der Waals surface area contributed by atoms with Crippen molar-refractivity contribution in [3.63, 3.8) is 0 Å². The molecule has 0 bridgehead atoms. The fourth-order valence-electron chi connectivity index (χ4n) is 8.39. The van der Waals surface area contributed by atoms with Crippen molar-refractivity contribution in [3.05, 3.63) is 467 Å². The number of benzene rings is 6. The van der Waals surface area contributed by atoms with E-state index in [0.29, 0.717) is 5.82 Å². The van der Waals surface area contributed by atoms with Gasteiger partial charge in [0.15, 0.2) is 0 Å². The van der Waals surface area contributed by atoms with Crippen LogP contribution in [0.1, 0.15) is 45.6 Å². The van der Waals surface area contributed by atoms with Gasteiger partial charge in [0.25, 0.3) is 0 Å². The minimum Gasteiger partial charge on any atom is -0.631 e. The average molecular weight is 5570 g/mol. The minimum absolute atomic E-state index is 0. The first-order valence-electron chi connectivity index (χ1n) is 30.9. The number of hydrogen-bond donors (Lipinski definition) is 0. The summed E-state index contributed by atoms with van der Waals surface area (Å²) in [4.78, 5) is 80.3. The number of fused-ring (bicyclic) bond motifs is 6. The SMILES string of the molecule is Cc1cc2ccccc2cn1.Cc1cc2ccccc2nn1.Cc1ccc2ccccc2n1.Cc1ccnc2ccccc12.Cc1cnc2ccccc2n1.Cc1cnccn1.Cc1n[n-]c(=O)[n-]1.Cc1nccc2ccccc12.Cn1[c-]n[n-]c1=O.Cn1n[c-][n-]c1=O.Cn1nn[n-]c1=O.[CH3-].[CH3-].[CH3-].[CH3-].[CH3-].[CH3-].[CH3-].[CH3-].[CH3-].[CH3-].[CH3-].[CH3-].[CH3-].[CH3-].[CH3-].[CH3-].[CH3-].[CH3-].[CH3-].[U].[U].[U].[U].[U].[U].[U].[U].[U].[V].[V].[V].[V].[V].[V].[V].[V].[V].[V].[W].[W].[W].[W].[W].[W].[W]. The summed E-state index contributed by atoms with van der Waals surface area (Å²) in [5.41, 5.74) is 10.8. The molecule has 0 unspecified atom stereocenters. The van der Waals surface area contributed by atoms with Gasteiger partial charge in [-0.1, -0.05) is 134 Å². The Morgan fingerprint density at radius 2 is 0.740 bits per heavy atom. The first-order chi connectivity index (χ1) is 48.8. The van der Waals surface area contributed by atoms with Crippen molar-refractivity contribution in [2.75, 3.05) is 0 Å². The van der Waals surface area contributed by atoms with Gasteiger partial charge in [-0.15, -0.1) is 0 Å². The molecule has 0 N–H and O–H groups in total. The van der Waals surface area contributed by atoms with Crippen molar-refractivity contribution in [2.24, 2.45) is 21.1 Å². The van der Waals surface area contributed by atoms with E-state index in [1.165, 1.54) is 56.5 Å². The zero-order valence-corrected chi connectivity index (χ0v) is 160. The summed E-state index contributed by atoms with van der Waals surface area (Å²) in [6.45, 7) is 15.6. The van der Waals surface area contributed by atoms with Crippen LogP contribution in [0.15, 0.2) is 245 Å². The number of rotatable bonds is 0. The zero-order chi connectivity index (χ0) is 72.3. The van der Waals surface area contributed by atoms with Crippen LogP contribution in [0.5, 0.6) is 0 Å². The molecule has 0 saturated carbocycles. The van der Waals surface area contributed by atoms with Crippen LogP contribution in [0.2, 0.25) is 0 Å². The van der Waals surface area contributed by atoms with Gasteiger partial charge in [-0.3, -0.25) is 44.9 Å². The van der Waals surface area contributed by atoms with Crippen molar-refractivity contribution in [1.29, 1.82) is 0 Å². The van der Waals surface area contributed by atoms with Crippen molar-refractivity contribution >= 4 is 65.3 Å². The molecule has 0 spiro atoms. The maximum atomic E-state index is 10.2. The van der Waals surface area contributed by atoms with E-state index in [1.807, 2.05) is 194 Å². The molecule has 0 aliphatic heterocycles. The molecule has 0 aliphatic rings. The summed E-state index contributed by atoms with van der Waals surface area (Å²) in [5, 5.41) is 42.1. The van der Waals surface area contributed by atoms with E-state index in [0.717, 1.165) is 76.5 Å². The third-order valence-corrected chi connectivity index (χ3v) is 13.5. The Balaban J connectivity index is -0.0000000227. The molecule has 146 heavy (non-hydrogen) atoms. The maximum absolute atomic E-state index is 10.2. The number of hydrogen-bond acceptors (Lipinski definition) is 19. The molecule has 0 atom stereocenters. The molecule has 17 aromatic rings. The summed E-state index contributed by atoms with van der Waals surface area (Å²) < 4.78 is 3.35. The van der Waals surface area contributed by atoms with E-state index in [2.05, 4.69) is 169 Å². The molecule has 53 heteroatoms. The smallest absolute Gasteiger partial charge is 0.240 e. The van der Waals surface area contributed by atoms with E-state index in [1.54, 1.807) is 38.8 Å². The first kappa shape index (κ1) is 272. The summed E-state index contributed by atoms with van der Waals surface area (Å²) in [6.07, 6.45) is 16.9. The first-order valence-corrected chi connectivity index (χ1v) is 30.9. The molecule has 10 radical (unpaired) electrons. The molecule has 11 aromatic heterocycles. The van der Waals surface area contributed by atoms with Gasteiger partial charge in [-0.05, 0) is 152 Å². The summed E-state index contributed by atoms with van der Waals surface area (Å²) in [5.74, 6) is 0.435. The van der Waals surface area contributed by atoms with Crippen molar-refractivity contribution in [1.82, 2.24) is 115 Å². The quantitative estimate of drug-likeness (QED) is 0.127. The maximum Gasteiger partial charge on any atom is 0.240 e. The van der Waals surface area contributed by atoms with E-state index in [9.17, 15) is 19.2 Å². The molecule has 0 fully saturated rings. The predicted molar refractivity (Wildman–Crippen MR) is 509 cm³/mol. The molecule has 11 heterocycles. The van der Waals surface area contributed by atoms with Crippen LogP contribution < -0.4 is 48.0 Å². The monoisotopic (exact) mass is 5570 g/mol. The van der Waals surface area contributed by atoms with E-state index < -0.39 is 11.4 Å². The molecule has 0 aliphatic carbocycles. The zero-order valence-electron chi connectivity index (χ0n) is 88.1.